The number of benzene rings is 3. The predicted octanol–water partition coefficient (Wildman–Crippen LogP) is 3.32. The quantitative estimate of drug-likeness (QED) is 0.321. The van der Waals surface area contributed by atoms with Crippen LogP contribution < -0.4 is 26.6 Å². The Balaban J connectivity index is 1.55. The summed E-state index contributed by atoms with van der Waals surface area (Å²) >= 11 is 0. The Morgan fingerprint density at radius 1 is 0.923 bits per heavy atom. The lowest BCUT2D eigenvalue weighted by atomic mass is 10.1. The van der Waals surface area contributed by atoms with Crippen molar-refractivity contribution in [3.05, 3.63) is 123 Å². The molecule has 0 saturated heterocycles. The van der Waals surface area contributed by atoms with Crippen LogP contribution in [0, 0.1) is 0 Å². The van der Waals surface area contributed by atoms with Gasteiger partial charge in [-0.15, -0.1) is 0 Å². The number of amides is 2. The summed E-state index contributed by atoms with van der Waals surface area (Å²) in [5, 5.41) is 5.67. The van der Waals surface area contributed by atoms with Gasteiger partial charge in [0.1, 0.15) is 18.1 Å². The fourth-order valence-electron chi connectivity index (χ4n) is 4.17. The Hall–Kier alpha value is -5.38. The van der Waals surface area contributed by atoms with E-state index in [0.717, 1.165) is 4.57 Å². The maximum Gasteiger partial charge on any atom is 0.336 e. The lowest BCUT2D eigenvalue weighted by Crippen LogP contribution is -2.41. The maximum atomic E-state index is 13.7. The second kappa shape index (κ2) is 10.9. The molecule has 10 heteroatoms. The molecule has 2 aromatic heterocycles. The molecule has 5 aromatic rings. The van der Waals surface area contributed by atoms with E-state index < -0.39 is 29.6 Å². The van der Waals surface area contributed by atoms with Gasteiger partial charge in [0.25, 0.3) is 11.5 Å². The molecule has 0 aliphatic carbocycles. The van der Waals surface area contributed by atoms with E-state index in [1.165, 1.54) is 36.1 Å². The summed E-state index contributed by atoms with van der Waals surface area (Å²) in [7, 11) is 1.54. The SMILES string of the molecule is COc1ccc(NC(=O)Cn2c(=O)n(-c3ccccc3)c(=O)c3ccc(C(=O)NCc4ccco4)cc32)cc1. The Morgan fingerprint density at radius 2 is 1.69 bits per heavy atom. The van der Waals surface area contributed by atoms with Crippen LogP contribution in [0.25, 0.3) is 16.6 Å². The van der Waals surface area contributed by atoms with Crippen molar-refractivity contribution in [3.8, 4) is 11.4 Å². The van der Waals surface area contributed by atoms with Gasteiger partial charge in [-0.25, -0.2) is 9.36 Å². The molecule has 0 spiro atoms. The summed E-state index contributed by atoms with van der Waals surface area (Å²) < 4.78 is 12.6. The van der Waals surface area contributed by atoms with Crippen molar-refractivity contribution in [1.29, 1.82) is 0 Å². The zero-order chi connectivity index (χ0) is 27.4. The van der Waals surface area contributed by atoms with Crippen molar-refractivity contribution in [3.63, 3.8) is 0 Å². The average Bonchev–Trinajstić information content (AvgIpc) is 3.48. The van der Waals surface area contributed by atoms with Crippen LogP contribution in [0.2, 0.25) is 0 Å². The highest BCUT2D eigenvalue weighted by Gasteiger charge is 2.19. The van der Waals surface area contributed by atoms with Gasteiger partial charge >= 0.3 is 5.69 Å². The standard InChI is InChI=1S/C29H24N4O6/c1-38-22-12-10-20(11-13-22)31-26(34)18-32-25-16-19(27(35)30-17-23-8-5-15-39-23)9-14-24(25)28(36)33(29(32)37)21-6-3-2-4-7-21/h2-16H,17-18H2,1H3,(H,30,35)(H,31,34). The highest BCUT2D eigenvalue weighted by atomic mass is 16.5. The third-order valence-corrected chi connectivity index (χ3v) is 6.10. The number of hydrogen-bond acceptors (Lipinski definition) is 6. The van der Waals surface area contributed by atoms with Crippen molar-refractivity contribution in [1.82, 2.24) is 14.5 Å². The summed E-state index contributed by atoms with van der Waals surface area (Å²) in [4.78, 5) is 53.0. The number of furan rings is 1. The number of nitrogens with zero attached hydrogens (tertiary/aromatic N) is 2. The molecule has 5 rings (SSSR count). The summed E-state index contributed by atoms with van der Waals surface area (Å²) in [6.45, 7) is -0.234. The smallest absolute Gasteiger partial charge is 0.336 e. The van der Waals surface area contributed by atoms with Crippen LogP contribution in [-0.2, 0) is 17.9 Å². The first kappa shape index (κ1) is 25.3. The van der Waals surface area contributed by atoms with Gasteiger partial charge in [-0.1, -0.05) is 18.2 Å². The third kappa shape index (κ3) is 5.35. The summed E-state index contributed by atoms with van der Waals surface area (Å²) in [5.74, 6) is 0.279. The highest BCUT2D eigenvalue weighted by Crippen LogP contribution is 2.17. The number of ether oxygens (including phenoxy) is 1. The number of carbonyl (C=O) groups excluding carboxylic acids is 2. The Kier molecular flexibility index (Phi) is 7.09. The van der Waals surface area contributed by atoms with Gasteiger partial charge < -0.3 is 19.8 Å². The van der Waals surface area contributed by atoms with Crippen molar-refractivity contribution in [2.45, 2.75) is 13.1 Å². The molecular weight excluding hydrogens is 500 g/mol. The molecule has 10 nitrogen and oxygen atoms in total. The topological polar surface area (TPSA) is 125 Å². The molecule has 0 atom stereocenters. The van der Waals surface area contributed by atoms with Gasteiger partial charge in [0.05, 0.1) is 36.5 Å². The first-order valence-corrected chi connectivity index (χ1v) is 12.0. The Bertz CT molecular complexity index is 1750. The van der Waals surface area contributed by atoms with Crippen LogP contribution in [0.4, 0.5) is 5.69 Å². The highest BCUT2D eigenvalue weighted by molar-refractivity contribution is 5.98. The number of carbonyl (C=O) groups is 2. The van der Waals surface area contributed by atoms with Crippen molar-refractivity contribution in [2.75, 3.05) is 12.4 Å². The van der Waals surface area contributed by atoms with Crippen LogP contribution in [-0.4, -0.2) is 28.1 Å². The van der Waals surface area contributed by atoms with Gasteiger partial charge in [-0.2, -0.15) is 0 Å². The summed E-state index contributed by atoms with van der Waals surface area (Å²) in [6.07, 6.45) is 1.50. The number of nitrogens with one attached hydrogen (secondary N) is 2. The van der Waals surface area contributed by atoms with E-state index in [4.69, 9.17) is 9.15 Å². The minimum atomic E-state index is -0.711. The second-order valence-electron chi connectivity index (χ2n) is 8.62. The van der Waals surface area contributed by atoms with Crippen LogP contribution in [0.1, 0.15) is 16.1 Å². The fourth-order valence-corrected chi connectivity index (χ4v) is 4.17. The first-order chi connectivity index (χ1) is 18.9. The molecule has 196 valence electrons. The van der Waals surface area contributed by atoms with Gasteiger partial charge in [-0.3, -0.25) is 19.0 Å². The molecular formula is C29H24N4O6. The molecule has 2 heterocycles. The number of fused-ring (bicyclic) bond motifs is 1. The monoisotopic (exact) mass is 524 g/mol. The van der Waals surface area contributed by atoms with E-state index in [-0.39, 0.29) is 23.0 Å². The largest absolute Gasteiger partial charge is 0.497 e. The lowest BCUT2D eigenvalue weighted by molar-refractivity contribution is -0.116. The molecule has 0 aliphatic rings. The molecule has 0 radical (unpaired) electrons. The zero-order valence-corrected chi connectivity index (χ0v) is 20.9. The maximum absolute atomic E-state index is 13.7. The first-order valence-electron chi connectivity index (χ1n) is 12.0. The van der Waals surface area contributed by atoms with E-state index in [9.17, 15) is 19.2 Å². The second-order valence-corrected chi connectivity index (χ2v) is 8.62. The van der Waals surface area contributed by atoms with E-state index in [1.807, 2.05) is 0 Å². The van der Waals surface area contributed by atoms with E-state index in [0.29, 0.717) is 22.9 Å². The summed E-state index contributed by atoms with van der Waals surface area (Å²) in [5.41, 5.74) is -0.0267. The van der Waals surface area contributed by atoms with E-state index in [1.54, 1.807) is 66.7 Å². The number of rotatable bonds is 8. The van der Waals surface area contributed by atoms with E-state index >= 15 is 0 Å². The molecule has 0 aliphatic heterocycles. The zero-order valence-electron chi connectivity index (χ0n) is 20.9. The van der Waals surface area contributed by atoms with Crippen molar-refractivity contribution in [2.24, 2.45) is 0 Å². The van der Waals surface area contributed by atoms with E-state index in [2.05, 4.69) is 10.6 Å². The number of para-hydroxylation sites is 1. The predicted molar refractivity (Wildman–Crippen MR) is 145 cm³/mol. The van der Waals surface area contributed by atoms with Gasteiger partial charge in [0, 0.05) is 11.3 Å². The molecule has 0 saturated carbocycles. The lowest BCUT2D eigenvalue weighted by Gasteiger charge is -2.15. The third-order valence-electron chi connectivity index (χ3n) is 6.10. The van der Waals surface area contributed by atoms with Crippen LogP contribution in [0.3, 0.4) is 0 Å². The van der Waals surface area contributed by atoms with Crippen molar-refractivity contribution < 1.29 is 18.7 Å². The van der Waals surface area contributed by atoms with Gasteiger partial charge in [0.15, 0.2) is 0 Å². The number of methoxy groups -OCH3 is 1. The molecule has 0 fully saturated rings. The number of hydrogen-bond donors (Lipinski definition) is 2. The van der Waals surface area contributed by atoms with Gasteiger partial charge in [0.2, 0.25) is 5.91 Å². The van der Waals surface area contributed by atoms with Gasteiger partial charge in [-0.05, 0) is 66.7 Å². The fraction of sp³-hybridized carbons (Fsp3) is 0.103. The van der Waals surface area contributed by atoms with Crippen molar-refractivity contribution >= 4 is 28.4 Å². The Labute approximate surface area is 222 Å². The molecule has 2 amide bonds. The molecule has 3 aromatic carbocycles. The number of aromatic nitrogens is 2. The normalized spacial score (nSPS) is 10.8. The summed E-state index contributed by atoms with van der Waals surface area (Å²) in [6, 6.07) is 23.0. The minimum Gasteiger partial charge on any atom is -0.497 e. The van der Waals surface area contributed by atoms with Crippen LogP contribution >= 0.6 is 0 Å². The Morgan fingerprint density at radius 3 is 2.38 bits per heavy atom. The van der Waals surface area contributed by atoms with Crippen LogP contribution in [0.15, 0.2) is 105 Å². The van der Waals surface area contributed by atoms with Crippen LogP contribution in [0.5, 0.6) is 5.75 Å². The molecule has 2 N–H and O–H groups in total. The molecule has 39 heavy (non-hydrogen) atoms. The minimum absolute atomic E-state index is 0.160. The molecule has 0 bridgehead atoms. The number of anilines is 1. The molecule has 0 unspecified atom stereocenters. The average molecular weight is 525 g/mol.